The number of aromatic hydroxyl groups is 1. The van der Waals surface area contributed by atoms with Crippen molar-refractivity contribution in [1.29, 1.82) is 0 Å². The molecular weight excluding hydrogens is 385 g/mol. The van der Waals surface area contributed by atoms with Crippen LogP contribution in [0.25, 0.3) is 5.69 Å². The predicted octanol–water partition coefficient (Wildman–Crippen LogP) is 5.10. The molecule has 0 spiro atoms. The lowest BCUT2D eigenvalue weighted by Gasteiger charge is -2.08. The molecule has 0 unspecified atom stereocenters. The maximum absolute atomic E-state index is 12.3. The number of benzene rings is 2. The minimum absolute atomic E-state index is 0.186. The molecule has 0 aliphatic heterocycles. The molecule has 25 heavy (non-hydrogen) atoms. The summed E-state index contributed by atoms with van der Waals surface area (Å²) >= 11 is 18.3. The summed E-state index contributed by atoms with van der Waals surface area (Å²) in [5.41, 5.74) is 1.12. The first-order valence-electron chi connectivity index (χ1n) is 7.18. The van der Waals surface area contributed by atoms with E-state index in [1.165, 1.54) is 12.1 Å². The van der Waals surface area contributed by atoms with Crippen LogP contribution < -0.4 is 5.32 Å². The molecule has 1 heterocycles. The van der Waals surface area contributed by atoms with E-state index in [0.29, 0.717) is 16.1 Å². The third kappa shape index (κ3) is 3.44. The van der Waals surface area contributed by atoms with Crippen molar-refractivity contribution in [3.05, 3.63) is 68.7 Å². The number of nitrogens with zero attached hydrogens (tertiary/aromatic N) is 2. The third-order valence-corrected chi connectivity index (χ3v) is 4.35. The van der Waals surface area contributed by atoms with Crippen LogP contribution in [-0.2, 0) is 0 Å². The number of nitrogens with one attached hydrogen (secondary N) is 1. The summed E-state index contributed by atoms with van der Waals surface area (Å²) in [7, 11) is 0. The van der Waals surface area contributed by atoms with Crippen LogP contribution >= 0.6 is 34.8 Å². The van der Waals surface area contributed by atoms with Gasteiger partial charge in [-0.2, -0.15) is 4.68 Å². The molecule has 0 saturated carbocycles. The number of halogens is 3. The van der Waals surface area contributed by atoms with Crippen molar-refractivity contribution in [3.8, 4) is 11.6 Å². The van der Waals surface area contributed by atoms with E-state index in [2.05, 4.69) is 10.4 Å². The highest BCUT2D eigenvalue weighted by Gasteiger charge is 2.21. The molecule has 0 fully saturated rings. The second-order valence-corrected chi connectivity index (χ2v) is 6.50. The van der Waals surface area contributed by atoms with Gasteiger partial charge in [0.25, 0.3) is 5.91 Å². The van der Waals surface area contributed by atoms with Crippen LogP contribution in [0.1, 0.15) is 15.9 Å². The Morgan fingerprint density at radius 1 is 1.12 bits per heavy atom. The Bertz CT molecular complexity index is 932. The Kier molecular flexibility index (Phi) is 4.90. The van der Waals surface area contributed by atoms with Gasteiger partial charge in [0, 0.05) is 10.6 Å². The lowest BCUT2D eigenvalue weighted by Crippen LogP contribution is -2.13. The van der Waals surface area contributed by atoms with E-state index in [9.17, 15) is 9.90 Å². The summed E-state index contributed by atoms with van der Waals surface area (Å²) in [6.45, 7) is 1.62. The Balaban J connectivity index is 2.00. The molecule has 1 aromatic heterocycles. The zero-order valence-electron chi connectivity index (χ0n) is 12.9. The smallest absolute Gasteiger partial charge is 0.256 e. The van der Waals surface area contributed by atoms with E-state index in [1.807, 2.05) is 6.07 Å². The molecule has 0 bridgehead atoms. The highest BCUT2D eigenvalue weighted by molar-refractivity contribution is 6.40. The van der Waals surface area contributed by atoms with Crippen molar-refractivity contribution < 1.29 is 9.90 Å². The zero-order chi connectivity index (χ0) is 18.1. The van der Waals surface area contributed by atoms with Crippen molar-refractivity contribution in [2.75, 3.05) is 5.32 Å². The Morgan fingerprint density at radius 2 is 1.72 bits per heavy atom. The first-order valence-corrected chi connectivity index (χ1v) is 8.31. The number of amides is 1. The highest BCUT2D eigenvalue weighted by atomic mass is 35.5. The molecule has 3 aromatic rings. The summed E-state index contributed by atoms with van der Waals surface area (Å²) in [6.07, 6.45) is 0. The Labute approximate surface area is 158 Å². The molecule has 2 aromatic carbocycles. The number of hydrogen-bond acceptors (Lipinski definition) is 3. The average Bonchev–Trinajstić information content (AvgIpc) is 2.83. The van der Waals surface area contributed by atoms with Gasteiger partial charge < -0.3 is 10.4 Å². The van der Waals surface area contributed by atoms with Gasteiger partial charge in [0.1, 0.15) is 5.69 Å². The summed E-state index contributed by atoms with van der Waals surface area (Å²) in [4.78, 5) is 12.3. The van der Waals surface area contributed by atoms with Crippen LogP contribution in [0.5, 0.6) is 5.88 Å². The van der Waals surface area contributed by atoms with Crippen molar-refractivity contribution in [1.82, 2.24) is 9.78 Å². The summed E-state index contributed by atoms with van der Waals surface area (Å²) in [5.74, 6) is -0.329. The monoisotopic (exact) mass is 395 g/mol. The number of aromatic nitrogens is 2. The first kappa shape index (κ1) is 17.6. The van der Waals surface area contributed by atoms with E-state index in [4.69, 9.17) is 34.8 Å². The molecule has 0 saturated heterocycles. The van der Waals surface area contributed by atoms with E-state index in [-0.39, 0.29) is 33.3 Å². The minimum Gasteiger partial charge on any atom is -0.493 e. The van der Waals surface area contributed by atoms with Gasteiger partial charge in [-0.05, 0) is 31.2 Å². The molecule has 1 amide bonds. The van der Waals surface area contributed by atoms with Gasteiger partial charge in [0.05, 0.1) is 15.6 Å². The molecule has 0 aliphatic rings. The molecule has 2 N–H and O–H groups in total. The largest absolute Gasteiger partial charge is 0.493 e. The molecule has 0 radical (unpaired) electrons. The van der Waals surface area contributed by atoms with Crippen molar-refractivity contribution in [2.24, 2.45) is 0 Å². The van der Waals surface area contributed by atoms with Crippen molar-refractivity contribution >= 4 is 46.5 Å². The number of rotatable bonds is 3. The second-order valence-electron chi connectivity index (χ2n) is 5.25. The van der Waals surface area contributed by atoms with Crippen LogP contribution in [-0.4, -0.2) is 20.8 Å². The molecule has 128 valence electrons. The van der Waals surface area contributed by atoms with Crippen LogP contribution in [0.4, 0.5) is 5.82 Å². The third-order valence-electron chi connectivity index (χ3n) is 3.55. The quantitative estimate of drug-likeness (QED) is 0.647. The SMILES string of the molecule is Cc1c(NC(=O)c2ccccc2)nn(-c2c(Cl)cc(Cl)cc2Cl)c1O. The molecule has 0 aliphatic carbocycles. The maximum Gasteiger partial charge on any atom is 0.256 e. The Hall–Kier alpha value is -2.21. The van der Waals surface area contributed by atoms with Crippen LogP contribution in [0, 0.1) is 6.92 Å². The standard InChI is InChI=1S/C17H12Cl3N3O2/c1-9-15(21-16(24)10-5-3-2-4-6-10)22-23(17(9)25)14-12(19)7-11(18)8-13(14)20/h2-8,25H,1H3,(H,21,22,24). The van der Waals surface area contributed by atoms with E-state index in [1.54, 1.807) is 31.2 Å². The molecule has 0 atom stereocenters. The zero-order valence-corrected chi connectivity index (χ0v) is 15.2. The van der Waals surface area contributed by atoms with Gasteiger partial charge in [-0.25, -0.2) is 0 Å². The van der Waals surface area contributed by atoms with Crippen LogP contribution in [0.3, 0.4) is 0 Å². The normalized spacial score (nSPS) is 10.7. The minimum atomic E-state index is -0.346. The van der Waals surface area contributed by atoms with E-state index >= 15 is 0 Å². The summed E-state index contributed by atoms with van der Waals surface area (Å²) < 4.78 is 1.16. The maximum atomic E-state index is 12.3. The van der Waals surface area contributed by atoms with Crippen molar-refractivity contribution in [3.63, 3.8) is 0 Å². The van der Waals surface area contributed by atoms with Crippen LogP contribution in [0.2, 0.25) is 15.1 Å². The summed E-state index contributed by atoms with van der Waals surface area (Å²) in [5, 5.41) is 18.1. The molecule has 3 rings (SSSR count). The summed E-state index contributed by atoms with van der Waals surface area (Å²) in [6, 6.07) is 11.7. The van der Waals surface area contributed by atoms with E-state index in [0.717, 1.165) is 4.68 Å². The number of carbonyl (C=O) groups excluding carboxylic acids is 1. The van der Waals surface area contributed by atoms with Crippen molar-refractivity contribution in [2.45, 2.75) is 6.92 Å². The lowest BCUT2D eigenvalue weighted by molar-refractivity contribution is 0.102. The number of hydrogen-bond donors (Lipinski definition) is 2. The van der Waals surface area contributed by atoms with Gasteiger partial charge in [0.2, 0.25) is 5.88 Å². The fourth-order valence-corrected chi connectivity index (χ4v) is 3.25. The Morgan fingerprint density at radius 3 is 2.32 bits per heavy atom. The fraction of sp³-hybridized carbons (Fsp3) is 0.0588. The topological polar surface area (TPSA) is 67.2 Å². The van der Waals surface area contributed by atoms with Crippen LogP contribution in [0.15, 0.2) is 42.5 Å². The highest BCUT2D eigenvalue weighted by Crippen LogP contribution is 2.36. The van der Waals surface area contributed by atoms with Gasteiger partial charge >= 0.3 is 0 Å². The second kappa shape index (κ2) is 6.96. The fourth-order valence-electron chi connectivity index (χ4n) is 2.27. The molecule has 8 heteroatoms. The van der Waals surface area contributed by atoms with E-state index < -0.39 is 0 Å². The van der Waals surface area contributed by atoms with Gasteiger partial charge in [0.15, 0.2) is 5.82 Å². The number of carbonyl (C=O) groups is 1. The molecular formula is C17H12Cl3N3O2. The van der Waals surface area contributed by atoms with Gasteiger partial charge in [-0.1, -0.05) is 53.0 Å². The average molecular weight is 397 g/mol. The first-order chi connectivity index (χ1) is 11.9. The van der Waals surface area contributed by atoms with Gasteiger partial charge in [-0.3, -0.25) is 4.79 Å². The van der Waals surface area contributed by atoms with Gasteiger partial charge in [-0.15, -0.1) is 5.10 Å². The number of anilines is 1. The molecule has 5 nitrogen and oxygen atoms in total. The lowest BCUT2D eigenvalue weighted by atomic mass is 10.2. The predicted molar refractivity (Wildman–Crippen MR) is 99.4 cm³/mol.